The lowest BCUT2D eigenvalue weighted by atomic mass is 10.1. The molecule has 0 radical (unpaired) electrons. The minimum atomic E-state index is 0.493. The Morgan fingerprint density at radius 1 is 1.30 bits per heavy atom. The van der Waals surface area contributed by atoms with Gasteiger partial charge in [0.15, 0.2) is 0 Å². The van der Waals surface area contributed by atoms with Crippen LogP contribution in [0.2, 0.25) is 0 Å². The van der Waals surface area contributed by atoms with Crippen LogP contribution in [0.1, 0.15) is 37.7 Å². The second kappa shape index (κ2) is 7.70. The Morgan fingerprint density at radius 3 is 2.91 bits per heavy atom. The van der Waals surface area contributed by atoms with Crippen LogP contribution in [0.15, 0.2) is 36.7 Å². The SMILES string of the molecule is CCc1nncn1CCN[C@H]1CCN([C@H](C)c2ccccc2)C1. The predicted molar refractivity (Wildman–Crippen MR) is 92.2 cm³/mol. The van der Waals surface area contributed by atoms with E-state index in [2.05, 4.69) is 69.2 Å². The van der Waals surface area contributed by atoms with E-state index in [0.717, 1.165) is 31.9 Å². The van der Waals surface area contributed by atoms with E-state index < -0.39 is 0 Å². The molecular weight excluding hydrogens is 286 g/mol. The second-order valence-corrected chi connectivity index (χ2v) is 6.32. The second-order valence-electron chi connectivity index (χ2n) is 6.32. The van der Waals surface area contributed by atoms with Crippen LogP contribution in [0.25, 0.3) is 0 Å². The smallest absolute Gasteiger partial charge is 0.132 e. The molecule has 0 bridgehead atoms. The number of nitrogens with zero attached hydrogens (tertiary/aromatic N) is 4. The van der Waals surface area contributed by atoms with Crippen LogP contribution >= 0.6 is 0 Å². The molecule has 124 valence electrons. The molecule has 0 spiro atoms. The average molecular weight is 313 g/mol. The number of hydrogen-bond acceptors (Lipinski definition) is 4. The van der Waals surface area contributed by atoms with Crippen molar-refractivity contribution < 1.29 is 0 Å². The van der Waals surface area contributed by atoms with Crippen molar-refractivity contribution in [1.29, 1.82) is 0 Å². The number of likely N-dealkylation sites (tertiary alicyclic amines) is 1. The average Bonchev–Trinajstić information content (AvgIpc) is 3.24. The Kier molecular flexibility index (Phi) is 5.41. The van der Waals surface area contributed by atoms with Crippen molar-refractivity contribution in [2.24, 2.45) is 0 Å². The number of aromatic nitrogens is 3. The molecule has 1 N–H and O–H groups in total. The summed E-state index contributed by atoms with van der Waals surface area (Å²) in [5, 5.41) is 11.8. The van der Waals surface area contributed by atoms with E-state index in [0.29, 0.717) is 12.1 Å². The van der Waals surface area contributed by atoms with E-state index in [1.807, 2.05) is 6.33 Å². The van der Waals surface area contributed by atoms with Crippen LogP contribution in [0.3, 0.4) is 0 Å². The highest BCUT2D eigenvalue weighted by Gasteiger charge is 2.26. The first kappa shape index (κ1) is 16.1. The van der Waals surface area contributed by atoms with E-state index in [9.17, 15) is 0 Å². The summed E-state index contributed by atoms with van der Waals surface area (Å²) in [6, 6.07) is 11.9. The van der Waals surface area contributed by atoms with Crippen molar-refractivity contribution in [3.8, 4) is 0 Å². The predicted octanol–water partition coefficient (Wildman–Crippen LogP) is 2.27. The fourth-order valence-electron chi connectivity index (χ4n) is 3.38. The van der Waals surface area contributed by atoms with E-state index in [1.165, 1.54) is 18.5 Å². The Bertz CT molecular complexity index is 594. The van der Waals surface area contributed by atoms with Crippen LogP contribution in [0.4, 0.5) is 0 Å². The molecule has 5 nitrogen and oxygen atoms in total. The monoisotopic (exact) mass is 313 g/mol. The van der Waals surface area contributed by atoms with Gasteiger partial charge >= 0.3 is 0 Å². The highest BCUT2D eigenvalue weighted by molar-refractivity contribution is 5.18. The molecule has 1 aromatic heterocycles. The van der Waals surface area contributed by atoms with Crippen LogP contribution in [-0.2, 0) is 13.0 Å². The molecule has 23 heavy (non-hydrogen) atoms. The maximum Gasteiger partial charge on any atom is 0.132 e. The van der Waals surface area contributed by atoms with Crippen molar-refractivity contribution in [2.45, 2.75) is 45.3 Å². The molecule has 2 heterocycles. The maximum atomic E-state index is 4.13. The van der Waals surface area contributed by atoms with Crippen LogP contribution in [0.5, 0.6) is 0 Å². The normalized spacial score (nSPS) is 20.0. The lowest BCUT2D eigenvalue weighted by molar-refractivity contribution is 0.255. The Morgan fingerprint density at radius 2 is 2.13 bits per heavy atom. The largest absolute Gasteiger partial charge is 0.316 e. The van der Waals surface area contributed by atoms with Gasteiger partial charge in [0, 0.05) is 44.7 Å². The molecule has 1 aliphatic rings. The summed E-state index contributed by atoms with van der Waals surface area (Å²) in [4.78, 5) is 2.57. The minimum absolute atomic E-state index is 0.493. The molecule has 1 saturated heterocycles. The third-order valence-electron chi connectivity index (χ3n) is 4.85. The quantitative estimate of drug-likeness (QED) is 0.852. The standard InChI is InChI=1S/C18H27N5/c1-3-18-21-20-14-23(18)12-10-19-17-9-11-22(13-17)15(2)16-7-5-4-6-8-16/h4-8,14-15,17,19H,3,9-13H2,1-2H3/t15-,17+/m1/s1. The maximum absolute atomic E-state index is 4.13. The third-order valence-corrected chi connectivity index (χ3v) is 4.85. The molecule has 0 unspecified atom stereocenters. The van der Waals surface area contributed by atoms with Gasteiger partial charge in [0.2, 0.25) is 0 Å². The van der Waals surface area contributed by atoms with Crippen molar-refractivity contribution in [3.05, 3.63) is 48.0 Å². The van der Waals surface area contributed by atoms with E-state index in [4.69, 9.17) is 0 Å². The first-order chi connectivity index (χ1) is 11.3. The first-order valence-electron chi connectivity index (χ1n) is 8.67. The van der Waals surface area contributed by atoms with Gasteiger partial charge in [0.05, 0.1) is 0 Å². The Hall–Kier alpha value is -1.72. The highest BCUT2D eigenvalue weighted by atomic mass is 15.3. The summed E-state index contributed by atoms with van der Waals surface area (Å²) in [7, 11) is 0. The van der Waals surface area contributed by atoms with Gasteiger partial charge in [-0.15, -0.1) is 10.2 Å². The van der Waals surface area contributed by atoms with E-state index in [1.54, 1.807) is 0 Å². The van der Waals surface area contributed by atoms with Gasteiger partial charge in [0.25, 0.3) is 0 Å². The molecule has 1 aromatic carbocycles. The van der Waals surface area contributed by atoms with Gasteiger partial charge in [-0.25, -0.2) is 0 Å². The molecule has 0 saturated carbocycles. The fourth-order valence-corrected chi connectivity index (χ4v) is 3.38. The minimum Gasteiger partial charge on any atom is -0.316 e. The molecule has 2 atom stereocenters. The van der Waals surface area contributed by atoms with E-state index >= 15 is 0 Å². The lowest BCUT2D eigenvalue weighted by Gasteiger charge is -2.25. The summed E-state index contributed by atoms with van der Waals surface area (Å²) in [5.41, 5.74) is 1.41. The molecule has 0 aliphatic carbocycles. The third kappa shape index (κ3) is 3.98. The summed E-state index contributed by atoms with van der Waals surface area (Å²) >= 11 is 0. The van der Waals surface area contributed by atoms with E-state index in [-0.39, 0.29) is 0 Å². The zero-order valence-corrected chi connectivity index (χ0v) is 14.2. The number of nitrogens with one attached hydrogen (secondary N) is 1. The van der Waals surface area contributed by atoms with Crippen molar-refractivity contribution >= 4 is 0 Å². The van der Waals surface area contributed by atoms with Gasteiger partial charge in [-0.1, -0.05) is 37.3 Å². The summed E-state index contributed by atoms with van der Waals surface area (Å²) in [5.74, 6) is 1.07. The molecule has 2 aromatic rings. The van der Waals surface area contributed by atoms with Crippen molar-refractivity contribution in [3.63, 3.8) is 0 Å². The van der Waals surface area contributed by atoms with Gasteiger partial charge < -0.3 is 9.88 Å². The number of hydrogen-bond donors (Lipinski definition) is 1. The van der Waals surface area contributed by atoms with Crippen LogP contribution < -0.4 is 5.32 Å². The zero-order chi connectivity index (χ0) is 16.1. The van der Waals surface area contributed by atoms with Crippen molar-refractivity contribution in [1.82, 2.24) is 25.0 Å². The molecule has 1 aliphatic heterocycles. The molecular formula is C18H27N5. The number of benzene rings is 1. The van der Waals surface area contributed by atoms with Gasteiger partial charge in [-0.2, -0.15) is 0 Å². The molecule has 3 rings (SSSR count). The van der Waals surface area contributed by atoms with Gasteiger partial charge in [-0.3, -0.25) is 4.90 Å². The zero-order valence-electron chi connectivity index (χ0n) is 14.2. The lowest BCUT2D eigenvalue weighted by Crippen LogP contribution is -2.35. The Labute approximate surface area is 138 Å². The molecule has 1 fully saturated rings. The van der Waals surface area contributed by atoms with Gasteiger partial charge in [-0.05, 0) is 18.9 Å². The van der Waals surface area contributed by atoms with Crippen LogP contribution in [0, 0.1) is 0 Å². The fraction of sp³-hybridized carbons (Fsp3) is 0.556. The number of aryl methyl sites for hydroxylation is 1. The van der Waals surface area contributed by atoms with Gasteiger partial charge in [0.1, 0.15) is 12.2 Å². The van der Waals surface area contributed by atoms with Crippen molar-refractivity contribution in [2.75, 3.05) is 19.6 Å². The topological polar surface area (TPSA) is 46.0 Å². The summed E-state index contributed by atoms with van der Waals surface area (Å²) in [6.07, 6.45) is 3.99. The Balaban J connectivity index is 1.45. The highest BCUT2D eigenvalue weighted by Crippen LogP contribution is 2.24. The summed E-state index contributed by atoms with van der Waals surface area (Å²) in [6.45, 7) is 8.64. The first-order valence-corrected chi connectivity index (χ1v) is 8.67. The molecule has 5 heteroatoms. The molecule has 0 amide bonds. The van der Waals surface area contributed by atoms with Crippen LogP contribution in [-0.4, -0.2) is 45.3 Å². The summed E-state index contributed by atoms with van der Waals surface area (Å²) < 4.78 is 2.15. The number of rotatable bonds is 7.